The van der Waals surface area contributed by atoms with Crippen LogP contribution in [0, 0.1) is 23.2 Å². The van der Waals surface area contributed by atoms with E-state index in [0.29, 0.717) is 11.8 Å². The summed E-state index contributed by atoms with van der Waals surface area (Å²) in [4.78, 5) is 0. The highest BCUT2D eigenvalue weighted by Gasteiger charge is 2.13. The number of nitrogens with zero attached hydrogens (tertiary/aromatic N) is 1. The molecule has 0 saturated heterocycles. The van der Waals surface area contributed by atoms with Crippen molar-refractivity contribution in [2.45, 2.75) is 20.3 Å². The van der Waals surface area contributed by atoms with Gasteiger partial charge in [-0.1, -0.05) is 26.0 Å². The predicted molar refractivity (Wildman–Crippen MR) is 45.8 cm³/mol. The number of nitriles is 1. The summed E-state index contributed by atoms with van der Waals surface area (Å²) in [7, 11) is 0. The molecular weight excluding hydrogens is 134 g/mol. The lowest BCUT2D eigenvalue weighted by Crippen LogP contribution is -2.08. The molecule has 1 nitrogen and oxygen atoms in total. The lowest BCUT2D eigenvalue weighted by molar-refractivity contribution is 0.462. The maximum absolute atomic E-state index is 8.64. The first kappa shape index (κ1) is 8.07. The zero-order chi connectivity index (χ0) is 8.27. The summed E-state index contributed by atoms with van der Waals surface area (Å²) in [5, 5.41) is 8.64. The Bertz CT molecular complexity index is 228. The van der Waals surface area contributed by atoms with Gasteiger partial charge < -0.3 is 0 Å². The fraction of sp³-hybridized carbons (Fsp3) is 0.500. The molecule has 1 aliphatic rings. The molecule has 11 heavy (non-hydrogen) atoms. The third-order valence-electron chi connectivity index (χ3n) is 2.11. The minimum absolute atomic E-state index is 0.564. The van der Waals surface area contributed by atoms with Gasteiger partial charge in [-0.15, -0.1) is 0 Å². The Labute approximate surface area is 68.0 Å². The molecule has 1 heteroatoms. The van der Waals surface area contributed by atoms with Crippen LogP contribution in [0.1, 0.15) is 20.3 Å². The molecule has 0 spiro atoms. The maximum atomic E-state index is 8.64. The zero-order valence-corrected chi connectivity index (χ0v) is 7.04. The van der Waals surface area contributed by atoms with Gasteiger partial charge in [-0.25, -0.2) is 0 Å². The SMILES string of the molecule is CC(C)C1C=CC=C(C#N)C1. The van der Waals surface area contributed by atoms with E-state index < -0.39 is 0 Å². The zero-order valence-electron chi connectivity index (χ0n) is 7.04. The Morgan fingerprint density at radius 3 is 2.91 bits per heavy atom. The molecule has 0 heterocycles. The number of hydrogen-bond acceptors (Lipinski definition) is 1. The molecule has 1 atom stereocenters. The maximum Gasteiger partial charge on any atom is 0.0947 e. The Morgan fingerprint density at radius 1 is 1.64 bits per heavy atom. The van der Waals surface area contributed by atoms with Crippen LogP contribution in [-0.2, 0) is 0 Å². The Hall–Kier alpha value is -1.03. The minimum Gasteiger partial charge on any atom is -0.193 e. The van der Waals surface area contributed by atoms with Crippen LogP contribution in [0.2, 0.25) is 0 Å². The highest BCUT2D eigenvalue weighted by molar-refractivity contribution is 5.30. The van der Waals surface area contributed by atoms with Crippen molar-refractivity contribution in [2.75, 3.05) is 0 Å². The fourth-order valence-corrected chi connectivity index (χ4v) is 1.25. The van der Waals surface area contributed by atoms with Crippen LogP contribution in [-0.4, -0.2) is 0 Å². The second kappa shape index (κ2) is 3.39. The van der Waals surface area contributed by atoms with Gasteiger partial charge >= 0.3 is 0 Å². The van der Waals surface area contributed by atoms with Gasteiger partial charge in [-0.05, 0) is 24.3 Å². The lowest BCUT2D eigenvalue weighted by Gasteiger charge is -2.18. The summed E-state index contributed by atoms with van der Waals surface area (Å²) in [5.74, 6) is 1.21. The van der Waals surface area contributed by atoms with Crippen LogP contribution in [0.3, 0.4) is 0 Å². The fourth-order valence-electron chi connectivity index (χ4n) is 1.25. The Morgan fingerprint density at radius 2 is 2.36 bits per heavy atom. The van der Waals surface area contributed by atoms with Crippen molar-refractivity contribution in [3.8, 4) is 6.07 Å². The molecule has 0 aliphatic heterocycles. The first-order valence-electron chi connectivity index (χ1n) is 4.01. The van der Waals surface area contributed by atoms with Gasteiger partial charge in [0.15, 0.2) is 0 Å². The molecule has 0 N–H and O–H groups in total. The van der Waals surface area contributed by atoms with E-state index in [1.807, 2.05) is 12.2 Å². The summed E-state index contributed by atoms with van der Waals surface area (Å²) < 4.78 is 0. The summed E-state index contributed by atoms with van der Waals surface area (Å²) in [5.41, 5.74) is 0.909. The van der Waals surface area contributed by atoms with Gasteiger partial charge in [0.1, 0.15) is 0 Å². The van der Waals surface area contributed by atoms with Gasteiger partial charge in [0, 0.05) is 5.57 Å². The molecule has 0 aromatic carbocycles. The molecule has 0 saturated carbocycles. The molecule has 0 aromatic heterocycles. The average molecular weight is 147 g/mol. The first-order valence-corrected chi connectivity index (χ1v) is 4.01. The molecule has 1 unspecified atom stereocenters. The highest BCUT2D eigenvalue weighted by atomic mass is 14.3. The van der Waals surface area contributed by atoms with E-state index in [4.69, 9.17) is 5.26 Å². The summed E-state index contributed by atoms with van der Waals surface area (Å²) in [6.45, 7) is 4.38. The monoisotopic (exact) mass is 147 g/mol. The third-order valence-corrected chi connectivity index (χ3v) is 2.11. The molecular formula is C10H13N. The van der Waals surface area contributed by atoms with Gasteiger partial charge in [0.05, 0.1) is 6.07 Å². The van der Waals surface area contributed by atoms with E-state index in [1.54, 1.807) is 0 Å². The molecule has 0 aromatic rings. The molecule has 0 fully saturated rings. The molecule has 0 radical (unpaired) electrons. The van der Waals surface area contributed by atoms with Gasteiger partial charge in [-0.2, -0.15) is 5.26 Å². The predicted octanol–water partition coefficient (Wildman–Crippen LogP) is 2.67. The van der Waals surface area contributed by atoms with Crippen LogP contribution in [0.25, 0.3) is 0 Å². The van der Waals surface area contributed by atoms with Gasteiger partial charge in [0.25, 0.3) is 0 Å². The normalized spacial score (nSPS) is 23.1. The van der Waals surface area contributed by atoms with Crippen molar-refractivity contribution in [1.82, 2.24) is 0 Å². The molecule has 58 valence electrons. The average Bonchev–Trinajstić information content (AvgIpc) is 2.05. The summed E-state index contributed by atoms with van der Waals surface area (Å²) in [6.07, 6.45) is 7.00. The van der Waals surface area contributed by atoms with E-state index in [9.17, 15) is 0 Å². The van der Waals surface area contributed by atoms with Crippen LogP contribution in [0.15, 0.2) is 23.8 Å². The molecule has 0 amide bonds. The van der Waals surface area contributed by atoms with Crippen LogP contribution >= 0.6 is 0 Å². The van der Waals surface area contributed by atoms with Crippen LogP contribution in [0.4, 0.5) is 0 Å². The second-order valence-electron chi connectivity index (χ2n) is 3.30. The Kier molecular flexibility index (Phi) is 2.48. The largest absolute Gasteiger partial charge is 0.193 e. The third kappa shape index (κ3) is 1.94. The summed E-state index contributed by atoms with van der Waals surface area (Å²) in [6, 6.07) is 2.20. The van der Waals surface area contributed by atoms with Crippen molar-refractivity contribution in [2.24, 2.45) is 11.8 Å². The molecule has 1 aliphatic carbocycles. The number of hydrogen-bond donors (Lipinski definition) is 0. The van der Waals surface area contributed by atoms with Crippen molar-refractivity contribution in [3.05, 3.63) is 23.8 Å². The molecule has 0 bridgehead atoms. The lowest BCUT2D eigenvalue weighted by atomic mass is 9.86. The van der Waals surface area contributed by atoms with E-state index >= 15 is 0 Å². The second-order valence-corrected chi connectivity index (χ2v) is 3.30. The van der Waals surface area contributed by atoms with Gasteiger partial charge in [-0.3, -0.25) is 0 Å². The van der Waals surface area contributed by atoms with E-state index in [-0.39, 0.29) is 0 Å². The number of allylic oxidation sites excluding steroid dienone is 4. The van der Waals surface area contributed by atoms with E-state index in [1.165, 1.54) is 0 Å². The van der Waals surface area contributed by atoms with Crippen LogP contribution < -0.4 is 0 Å². The van der Waals surface area contributed by atoms with Crippen molar-refractivity contribution >= 4 is 0 Å². The summed E-state index contributed by atoms with van der Waals surface area (Å²) >= 11 is 0. The van der Waals surface area contributed by atoms with Gasteiger partial charge in [0.2, 0.25) is 0 Å². The standard InChI is InChI=1S/C10H13N/c1-8(2)10-5-3-4-9(6-10)7-11/h3-5,8,10H,6H2,1-2H3. The minimum atomic E-state index is 0.564. The van der Waals surface area contributed by atoms with Crippen molar-refractivity contribution in [3.63, 3.8) is 0 Å². The topological polar surface area (TPSA) is 23.8 Å². The van der Waals surface area contributed by atoms with Crippen molar-refractivity contribution in [1.29, 1.82) is 5.26 Å². The van der Waals surface area contributed by atoms with E-state index in [0.717, 1.165) is 12.0 Å². The first-order chi connectivity index (χ1) is 5.24. The molecule has 1 rings (SSSR count). The highest BCUT2D eigenvalue weighted by Crippen LogP contribution is 2.24. The Balaban J connectivity index is 2.64. The van der Waals surface area contributed by atoms with E-state index in [2.05, 4.69) is 26.0 Å². The van der Waals surface area contributed by atoms with Crippen LogP contribution in [0.5, 0.6) is 0 Å². The quantitative estimate of drug-likeness (QED) is 0.559. The van der Waals surface area contributed by atoms with Crippen molar-refractivity contribution < 1.29 is 0 Å². The number of rotatable bonds is 1. The smallest absolute Gasteiger partial charge is 0.0947 e.